The quantitative estimate of drug-likeness (QED) is 0.345. The molecule has 2 N–H and O–H groups in total. The summed E-state index contributed by atoms with van der Waals surface area (Å²) < 4.78 is 2.53. The van der Waals surface area contributed by atoms with Crippen molar-refractivity contribution < 1.29 is 0 Å². The van der Waals surface area contributed by atoms with Crippen LogP contribution in [-0.2, 0) is 0 Å². The van der Waals surface area contributed by atoms with Crippen molar-refractivity contribution in [1.29, 1.82) is 0 Å². The van der Waals surface area contributed by atoms with Crippen molar-refractivity contribution in [2.75, 3.05) is 5.73 Å². The highest BCUT2D eigenvalue weighted by Gasteiger charge is 2.13. The first kappa shape index (κ1) is 16.4. The Labute approximate surface area is 166 Å². The van der Waals surface area contributed by atoms with Crippen LogP contribution in [0.2, 0.25) is 0 Å². The van der Waals surface area contributed by atoms with Crippen LogP contribution in [0.25, 0.3) is 36.9 Å². The third-order valence-corrected chi connectivity index (χ3v) is 6.90. The van der Waals surface area contributed by atoms with Gasteiger partial charge < -0.3 is 5.73 Å². The van der Waals surface area contributed by atoms with Crippen molar-refractivity contribution in [3.63, 3.8) is 0 Å². The van der Waals surface area contributed by atoms with Crippen LogP contribution in [0.3, 0.4) is 0 Å². The Bertz CT molecular complexity index is 1270. The molecule has 0 saturated carbocycles. The number of hydrogen-bond donors (Lipinski definition) is 1. The second-order valence-electron chi connectivity index (χ2n) is 6.58. The number of nitrogens with two attached hydrogens (primary N) is 1. The molecule has 1 aliphatic rings. The third-order valence-electron chi connectivity index (χ3n) is 4.87. The molecule has 1 aromatic heterocycles. The zero-order chi connectivity index (χ0) is 18.4. The number of rotatable bonds is 1. The number of allylic oxidation sites excluding steroid dienone is 4. The minimum Gasteiger partial charge on any atom is -0.398 e. The minimum absolute atomic E-state index is 0.813. The van der Waals surface area contributed by atoms with Gasteiger partial charge in [-0.25, -0.2) is 0 Å². The maximum Gasteiger partial charge on any atom is 0.0408 e. The smallest absolute Gasteiger partial charge is 0.0408 e. The molecule has 4 aromatic rings. The number of anilines is 1. The van der Waals surface area contributed by atoms with Crippen LogP contribution in [0, 0.1) is 0 Å². The van der Waals surface area contributed by atoms with Crippen LogP contribution in [0.15, 0.2) is 89.7 Å². The Kier molecular flexibility index (Phi) is 3.92. The summed E-state index contributed by atoms with van der Waals surface area (Å²) in [4.78, 5) is 1.21. The van der Waals surface area contributed by atoms with Crippen LogP contribution in [0.5, 0.6) is 0 Å². The number of nitrogen functional groups attached to an aromatic ring is 1. The first-order chi connectivity index (χ1) is 13.2. The molecule has 0 aliphatic carbocycles. The van der Waals surface area contributed by atoms with Crippen molar-refractivity contribution in [2.45, 2.75) is 4.90 Å². The topological polar surface area (TPSA) is 26.0 Å². The van der Waals surface area contributed by atoms with E-state index in [0.29, 0.717) is 0 Å². The zero-order valence-electron chi connectivity index (χ0n) is 14.6. The number of thioether (sulfide) groups is 1. The third kappa shape index (κ3) is 2.80. The lowest BCUT2D eigenvalue weighted by Gasteiger charge is -2.13. The summed E-state index contributed by atoms with van der Waals surface area (Å²) in [6.07, 6.45) is 6.13. The van der Waals surface area contributed by atoms with Gasteiger partial charge in [-0.15, -0.1) is 11.3 Å². The average Bonchev–Trinajstić information content (AvgIpc) is 3.02. The Morgan fingerprint density at radius 1 is 0.815 bits per heavy atom. The highest BCUT2D eigenvalue weighted by molar-refractivity contribution is 8.02. The Balaban J connectivity index is 1.72. The SMILES string of the molecule is C=C1/C=C\C=C/Sc2ccc(-c3cc4c(cc3N)sc3ccccc34)cc21. The van der Waals surface area contributed by atoms with E-state index in [1.165, 1.54) is 25.1 Å². The molecule has 2 heterocycles. The van der Waals surface area contributed by atoms with Gasteiger partial charge in [0.2, 0.25) is 0 Å². The van der Waals surface area contributed by atoms with Crippen LogP contribution < -0.4 is 5.73 Å². The molecule has 27 heavy (non-hydrogen) atoms. The summed E-state index contributed by atoms with van der Waals surface area (Å²) in [6, 6.07) is 19.4. The lowest BCUT2D eigenvalue weighted by atomic mass is 9.97. The molecule has 0 fully saturated rings. The Morgan fingerprint density at radius 2 is 1.70 bits per heavy atom. The van der Waals surface area contributed by atoms with Gasteiger partial charge >= 0.3 is 0 Å². The van der Waals surface area contributed by atoms with E-state index in [1.807, 2.05) is 12.2 Å². The van der Waals surface area contributed by atoms with Crippen LogP contribution >= 0.6 is 23.1 Å². The second kappa shape index (κ2) is 6.45. The molecular formula is C24H17NS2. The van der Waals surface area contributed by atoms with Crippen LogP contribution in [-0.4, -0.2) is 0 Å². The van der Waals surface area contributed by atoms with Gasteiger partial charge in [-0.05, 0) is 52.4 Å². The maximum absolute atomic E-state index is 6.46. The van der Waals surface area contributed by atoms with Gasteiger partial charge in [0.1, 0.15) is 0 Å². The van der Waals surface area contributed by atoms with Gasteiger partial charge in [0, 0.05) is 36.3 Å². The number of benzene rings is 3. The van der Waals surface area contributed by atoms with E-state index in [2.05, 4.69) is 72.7 Å². The second-order valence-corrected chi connectivity index (χ2v) is 8.61. The minimum atomic E-state index is 0.813. The number of fused-ring (bicyclic) bond motifs is 4. The molecule has 0 amide bonds. The average molecular weight is 384 g/mol. The predicted octanol–water partition coefficient (Wildman–Crippen LogP) is 7.49. The fraction of sp³-hybridized carbons (Fsp3) is 0. The molecule has 130 valence electrons. The van der Waals surface area contributed by atoms with Crippen molar-refractivity contribution in [1.82, 2.24) is 0 Å². The molecule has 1 nitrogen and oxygen atoms in total. The van der Waals surface area contributed by atoms with Gasteiger partial charge in [-0.3, -0.25) is 0 Å². The molecule has 1 aliphatic heterocycles. The molecule has 5 rings (SSSR count). The summed E-state index contributed by atoms with van der Waals surface area (Å²) >= 11 is 3.51. The van der Waals surface area contributed by atoms with Gasteiger partial charge in [0.25, 0.3) is 0 Å². The summed E-state index contributed by atoms with van der Waals surface area (Å²) in [5.74, 6) is 0. The summed E-state index contributed by atoms with van der Waals surface area (Å²) in [7, 11) is 0. The first-order valence-electron chi connectivity index (χ1n) is 8.75. The monoisotopic (exact) mass is 383 g/mol. The molecule has 0 saturated heterocycles. The molecule has 0 bridgehead atoms. The van der Waals surface area contributed by atoms with E-state index < -0.39 is 0 Å². The maximum atomic E-state index is 6.46. The van der Waals surface area contributed by atoms with Crippen molar-refractivity contribution in [3.05, 3.63) is 90.4 Å². The molecule has 0 spiro atoms. The van der Waals surface area contributed by atoms with Crippen molar-refractivity contribution in [3.8, 4) is 11.1 Å². The summed E-state index contributed by atoms with van der Waals surface area (Å²) in [5.41, 5.74) is 11.7. The fourth-order valence-corrected chi connectivity index (χ4v) is 5.42. The van der Waals surface area contributed by atoms with E-state index in [9.17, 15) is 0 Å². The molecule has 3 heteroatoms. The lowest BCUT2D eigenvalue weighted by molar-refractivity contribution is 1.41. The van der Waals surface area contributed by atoms with Gasteiger partial charge in [-0.2, -0.15) is 0 Å². The Morgan fingerprint density at radius 3 is 2.63 bits per heavy atom. The van der Waals surface area contributed by atoms with E-state index in [1.54, 1.807) is 23.1 Å². The molecular weight excluding hydrogens is 366 g/mol. The van der Waals surface area contributed by atoms with Gasteiger partial charge in [0.05, 0.1) is 0 Å². The van der Waals surface area contributed by atoms with Crippen molar-refractivity contribution >= 4 is 54.5 Å². The number of hydrogen-bond acceptors (Lipinski definition) is 3. The van der Waals surface area contributed by atoms with E-state index in [-0.39, 0.29) is 0 Å². The predicted molar refractivity (Wildman–Crippen MR) is 122 cm³/mol. The molecule has 0 atom stereocenters. The molecule has 0 unspecified atom stereocenters. The largest absolute Gasteiger partial charge is 0.398 e. The highest BCUT2D eigenvalue weighted by Crippen LogP contribution is 2.41. The summed E-state index contributed by atoms with van der Waals surface area (Å²) in [5, 5.41) is 4.65. The summed E-state index contributed by atoms with van der Waals surface area (Å²) in [6.45, 7) is 4.23. The number of thiophene rings is 1. The van der Waals surface area contributed by atoms with Crippen LogP contribution in [0.1, 0.15) is 5.56 Å². The van der Waals surface area contributed by atoms with Gasteiger partial charge in [-0.1, -0.05) is 60.8 Å². The lowest BCUT2D eigenvalue weighted by Crippen LogP contribution is -1.92. The molecule has 0 radical (unpaired) electrons. The molecule has 3 aromatic carbocycles. The van der Waals surface area contributed by atoms with E-state index in [4.69, 9.17) is 5.73 Å². The van der Waals surface area contributed by atoms with Gasteiger partial charge in [0.15, 0.2) is 0 Å². The zero-order valence-corrected chi connectivity index (χ0v) is 16.2. The van der Waals surface area contributed by atoms with Crippen molar-refractivity contribution in [2.24, 2.45) is 0 Å². The van der Waals surface area contributed by atoms with Crippen LogP contribution in [0.4, 0.5) is 5.69 Å². The standard InChI is InChI=1S/C24H17NS2/c1-15-6-4-5-11-26-22-10-9-16(12-18(15)22)19-13-20-17-7-2-3-8-23(17)27-24(20)14-21(19)25/h2-14H,1,25H2/b6-4-,11-5-. The highest BCUT2D eigenvalue weighted by atomic mass is 32.2. The first-order valence-corrected chi connectivity index (χ1v) is 10.4. The fourth-order valence-electron chi connectivity index (χ4n) is 3.51. The Hall–Kier alpha value is -2.75. The van der Waals surface area contributed by atoms with E-state index in [0.717, 1.165) is 28.0 Å². The van der Waals surface area contributed by atoms with E-state index >= 15 is 0 Å². The normalized spacial score (nSPS) is 16.1.